The Morgan fingerprint density at radius 2 is 1.67 bits per heavy atom. The van der Waals surface area contributed by atoms with E-state index in [0.29, 0.717) is 13.0 Å². The molecule has 7 heteroatoms. The molecule has 2 aromatic rings. The van der Waals surface area contributed by atoms with Crippen molar-refractivity contribution in [2.24, 2.45) is 11.8 Å². The average molecular weight is 451 g/mol. The standard InChI is InChI=1S/C26H30N2O5/c1-16(2)23(13-24(29)28-12-11-17(14-28)25(30)31)27-26(32)33-15-22-20-9-5-3-7-18(20)19-8-4-6-10-21(19)22/h3-10,16-17,22-23H,11-15H2,1-2H3,(H,27,32)(H,30,31)/t17?,23-/m0/s1. The van der Waals surface area contributed by atoms with Crippen molar-refractivity contribution < 1.29 is 24.2 Å². The zero-order chi connectivity index (χ0) is 23.5. The molecule has 2 atom stereocenters. The Labute approximate surface area is 193 Å². The zero-order valence-electron chi connectivity index (χ0n) is 19.0. The predicted octanol–water partition coefficient (Wildman–Crippen LogP) is 3.87. The summed E-state index contributed by atoms with van der Waals surface area (Å²) in [5.41, 5.74) is 4.62. The molecule has 2 amide bonds. The van der Waals surface area contributed by atoms with Crippen LogP contribution in [0, 0.1) is 11.8 Å². The second-order valence-corrected chi connectivity index (χ2v) is 9.19. The van der Waals surface area contributed by atoms with E-state index in [1.54, 1.807) is 4.90 Å². The molecule has 1 heterocycles. The molecular formula is C26H30N2O5. The number of carboxylic acid groups (broad SMARTS) is 1. The highest BCUT2D eigenvalue weighted by Crippen LogP contribution is 2.44. The van der Waals surface area contributed by atoms with E-state index >= 15 is 0 Å². The van der Waals surface area contributed by atoms with Crippen LogP contribution < -0.4 is 5.32 Å². The summed E-state index contributed by atoms with van der Waals surface area (Å²) in [6.07, 6.45) is 0.0368. The molecule has 0 spiro atoms. The molecule has 1 aliphatic carbocycles. The summed E-state index contributed by atoms with van der Waals surface area (Å²) >= 11 is 0. The Hall–Kier alpha value is -3.35. The summed E-state index contributed by atoms with van der Waals surface area (Å²) in [5, 5.41) is 12.0. The summed E-state index contributed by atoms with van der Waals surface area (Å²) < 4.78 is 5.62. The Kier molecular flexibility index (Phi) is 6.67. The smallest absolute Gasteiger partial charge is 0.407 e. The van der Waals surface area contributed by atoms with Gasteiger partial charge in [-0.25, -0.2) is 4.79 Å². The highest BCUT2D eigenvalue weighted by molar-refractivity contribution is 5.80. The fraction of sp³-hybridized carbons (Fsp3) is 0.423. The molecule has 1 saturated heterocycles. The lowest BCUT2D eigenvalue weighted by Crippen LogP contribution is -2.43. The average Bonchev–Trinajstić information content (AvgIpc) is 3.41. The topological polar surface area (TPSA) is 95.9 Å². The van der Waals surface area contributed by atoms with E-state index in [2.05, 4.69) is 29.6 Å². The molecule has 1 unspecified atom stereocenters. The first kappa shape index (κ1) is 22.8. The Balaban J connectivity index is 1.35. The first-order valence-electron chi connectivity index (χ1n) is 11.5. The van der Waals surface area contributed by atoms with E-state index in [1.807, 2.05) is 38.1 Å². The lowest BCUT2D eigenvalue weighted by molar-refractivity contribution is -0.141. The van der Waals surface area contributed by atoms with Crippen molar-refractivity contribution in [2.45, 2.75) is 38.6 Å². The van der Waals surface area contributed by atoms with E-state index in [-0.39, 0.29) is 37.3 Å². The van der Waals surface area contributed by atoms with Crippen LogP contribution in [0.1, 0.15) is 43.7 Å². The van der Waals surface area contributed by atoms with Crippen molar-refractivity contribution in [1.82, 2.24) is 10.2 Å². The van der Waals surface area contributed by atoms with Gasteiger partial charge in [-0.05, 0) is 34.6 Å². The Morgan fingerprint density at radius 1 is 1.06 bits per heavy atom. The minimum absolute atomic E-state index is 0.0207. The minimum atomic E-state index is -0.873. The maximum atomic E-state index is 12.7. The first-order chi connectivity index (χ1) is 15.8. The molecule has 7 nitrogen and oxygen atoms in total. The number of nitrogens with one attached hydrogen (secondary N) is 1. The van der Waals surface area contributed by atoms with Gasteiger partial charge in [0.2, 0.25) is 5.91 Å². The van der Waals surface area contributed by atoms with Gasteiger partial charge in [-0.3, -0.25) is 9.59 Å². The summed E-state index contributed by atoms with van der Waals surface area (Å²) in [7, 11) is 0. The van der Waals surface area contributed by atoms with Crippen LogP contribution in [0.5, 0.6) is 0 Å². The number of nitrogens with zero attached hydrogens (tertiary/aromatic N) is 1. The first-order valence-corrected chi connectivity index (χ1v) is 11.5. The van der Waals surface area contributed by atoms with Crippen LogP contribution in [0.3, 0.4) is 0 Å². The molecule has 0 radical (unpaired) electrons. The molecule has 0 bridgehead atoms. The van der Waals surface area contributed by atoms with Crippen LogP contribution in [0.4, 0.5) is 4.79 Å². The maximum Gasteiger partial charge on any atom is 0.407 e. The molecule has 4 rings (SSSR count). The summed E-state index contributed by atoms with van der Waals surface area (Å²) in [5.74, 6) is -1.53. The van der Waals surface area contributed by atoms with Crippen molar-refractivity contribution in [3.8, 4) is 11.1 Å². The molecule has 2 aliphatic rings. The quantitative estimate of drug-likeness (QED) is 0.668. The van der Waals surface area contributed by atoms with E-state index in [9.17, 15) is 14.4 Å². The minimum Gasteiger partial charge on any atom is -0.481 e. The van der Waals surface area contributed by atoms with Gasteiger partial charge >= 0.3 is 12.1 Å². The number of fused-ring (bicyclic) bond motifs is 3. The second kappa shape index (κ2) is 9.65. The number of likely N-dealkylation sites (tertiary alicyclic amines) is 1. The molecule has 2 N–H and O–H groups in total. The molecule has 33 heavy (non-hydrogen) atoms. The van der Waals surface area contributed by atoms with Crippen LogP contribution in [0.2, 0.25) is 0 Å². The molecule has 1 aliphatic heterocycles. The van der Waals surface area contributed by atoms with Gasteiger partial charge in [0, 0.05) is 31.5 Å². The van der Waals surface area contributed by atoms with Crippen molar-refractivity contribution in [3.63, 3.8) is 0 Å². The number of ether oxygens (including phenoxy) is 1. The maximum absolute atomic E-state index is 12.7. The van der Waals surface area contributed by atoms with Gasteiger partial charge in [0.25, 0.3) is 0 Å². The van der Waals surface area contributed by atoms with Crippen LogP contribution in [0.25, 0.3) is 11.1 Å². The van der Waals surface area contributed by atoms with E-state index < -0.39 is 24.0 Å². The summed E-state index contributed by atoms with van der Waals surface area (Å²) in [4.78, 5) is 38.1. The molecular weight excluding hydrogens is 420 g/mol. The van der Waals surface area contributed by atoms with E-state index in [0.717, 1.165) is 22.3 Å². The number of hydrogen-bond acceptors (Lipinski definition) is 4. The van der Waals surface area contributed by atoms with Crippen LogP contribution in [-0.4, -0.2) is 53.7 Å². The largest absolute Gasteiger partial charge is 0.481 e. The molecule has 2 aromatic carbocycles. The van der Waals surface area contributed by atoms with Gasteiger partial charge in [-0.15, -0.1) is 0 Å². The predicted molar refractivity (Wildman–Crippen MR) is 124 cm³/mol. The van der Waals surface area contributed by atoms with Crippen molar-refractivity contribution in [2.75, 3.05) is 19.7 Å². The highest BCUT2D eigenvalue weighted by Gasteiger charge is 2.33. The fourth-order valence-corrected chi connectivity index (χ4v) is 4.75. The number of amides is 2. The zero-order valence-corrected chi connectivity index (χ0v) is 19.0. The monoisotopic (exact) mass is 450 g/mol. The van der Waals surface area contributed by atoms with Gasteiger partial charge in [0.15, 0.2) is 0 Å². The number of carboxylic acids is 1. The highest BCUT2D eigenvalue weighted by atomic mass is 16.5. The number of aliphatic carboxylic acids is 1. The number of alkyl carbamates (subject to hydrolysis) is 1. The van der Waals surface area contributed by atoms with Crippen molar-refractivity contribution in [1.29, 1.82) is 0 Å². The van der Waals surface area contributed by atoms with Gasteiger partial charge < -0.3 is 20.1 Å². The van der Waals surface area contributed by atoms with Gasteiger partial charge in [-0.2, -0.15) is 0 Å². The van der Waals surface area contributed by atoms with Gasteiger partial charge in [0.1, 0.15) is 6.61 Å². The molecule has 0 saturated carbocycles. The van der Waals surface area contributed by atoms with Crippen LogP contribution in [0.15, 0.2) is 48.5 Å². The number of benzene rings is 2. The van der Waals surface area contributed by atoms with E-state index in [1.165, 1.54) is 0 Å². The third-order valence-electron chi connectivity index (χ3n) is 6.74. The lowest BCUT2D eigenvalue weighted by Gasteiger charge is -2.25. The van der Waals surface area contributed by atoms with Gasteiger partial charge in [-0.1, -0.05) is 62.4 Å². The normalized spacial score (nSPS) is 18.0. The van der Waals surface area contributed by atoms with Crippen LogP contribution in [-0.2, 0) is 14.3 Å². The Bertz CT molecular complexity index is 1000. The number of carbonyl (C=O) groups excluding carboxylic acids is 2. The van der Waals surface area contributed by atoms with E-state index in [4.69, 9.17) is 9.84 Å². The molecule has 1 fully saturated rings. The molecule has 0 aromatic heterocycles. The Morgan fingerprint density at radius 3 is 2.21 bits per heavy atom. The van der Waals surface area contributed by atoms with Crippen molar-refractivity contribution in [3.05, 3.63) is 59.7 Å². The lowest BCUT2D eigenvalue weighted by atomic mass is 9.98. The third kappa shape index (κ3) is 4.87. The van der Waals surface area contributed by atoms with Crippen LogP contribution >= 0.6 is 0 Å². The summed E-state index contributed by atoms with van der Waals surface area (Å²) in [6, 6.07) is 15.9. The fourth-order valence-electron chi connectivity index (χ4n) is 4.75. The number of carbonyl (C=O) groups is 3. The number of rotatable bonds is 7. The SMILES string of the molecule is CC(C)[C@H](CC(=O)N1CCC(C(=O)O)C1)NC(=O)OCC1c2ccccc2-c2ccccc21. The third-order valence-corrected chi connectivity index (χ3v) is 6.74. The second-order valence-electron chi connectivity index (χ2n) is 9.19. The number of hydrogen-bond donors (Lipinski definition) is 2. The van der Waals surface area contributed by atoms with Gasteiger partial charge in [0.05, 0.1) is 5.92 Å². The molecule has 174 valence electrons. The van der Waals surface area contributed by atoms with Crippen molar-refractivity contribution >= 4 is 18.0 Å². The summed E-state index contributed by atoms with van der Waals surface area (Å²) in [6.45, 7) is 4.75.